The smallest absolute Gasteiger partial charge is 0.335 e. The number of phenolic OH excluding ortho intramolecular Hbond substituents is 1. The van der Waals surface area contributed by atoms with Crippen LogP contribution in [0.5, 0.6) is 11.5 Å². The van der Waals surface area contributed by atoms with E-state index in [0.717, 1.165) is 11.1 Å². The van der Waals surface area contributed by atoms with Crippen molar-refractivity contribution in [3.8, 4) is 11.5 Å². The molecule has 2 aromatic rings. The van der Waals surface area contributed by atoms with Gasteiger partial charge in [-0.3, -0.25) is 19.7 Å². The summed E-state index contributed by atoms with van der Waals surface area (Å²) < 4.78 is 5.03. The zero-order chi connectivity index (χ0) is 21.0. The van der Waals surface area contributed by atoms with Gasteiger partial charge in [0.15, 0.2) is 5.92 Å². The van der Waals surface area contributed by atoms with E-state index >= 15 is 0 Å². The SMILES string of the molecule is COc1ccc(N2C(=O)NC(=O)[C@@H](/C=N\NC(=O)c3ccccc3O)C2=O)cc1. The van der Waals surface area contributed by atoms with Crippen molar-refractivity contribution in [3.63, 3.8) is 0 Å². The number of urea groups is 1. The molecule has 1 fully saturated rings. The van der Waals surface area contributed by atoms with E-state index in [4.69, 9.17) is 4.74 Å². The van der Waals surface area contributed by atoms with Gasteiger partial charge in [0.25, 0.3) is 11.8 Å². The number of nitrogens with zero attached hydrogens (tertiary/aromatic N) is 2. The Morgan fingerprint density at radius 3 is 2.52 bits per heavy atom. The summed E-state index contributed by atoms with van der Waals surface area (Å²) in [5, 5.41) is 15.3. The quantitative estimate of drug-likeness (QED) is 0.392. The van der Waals surface area contributed by atoms with Crippen LogP contribution in [0.4, 0.5) is 10.5 Å². The molecule has 2 aromatic carbocycles. The van der Waals surface area contributed by atoms with Gasteiger partial charge >= 0.3 is 6.03 Å². The standard InChI is InChI=1S/C19H16N4O6/c1-29-12-8-6-11(7-9-12)23-18(27)14(16(25)21-19(23)28)10-20-22-17(26)13-4-2-3-5-15(13)24/h2-10,14,24H,1H3,(H,22,26)(H,21,25,28)/b20-10-/t14-/m1/s1. The number of carbonyl (C=O) groups excluding carboxylic acids is 4. The number of hydrazone groups is 1. The summed E-state index contributed by atoms with van der Waals surface area (Å²) in [6.45, 7) is 0. The van der Waals surface area contributed by atoms with Crippen LogP contribution in [0.15, 0.2) is 53.6 Å². The Labute approximate surface area is 164 Å². The molecule has 1 aliphatic heterocycles. The highest BCUT2D eigenvalue weighted by molar-refractivity contribution is 6.32. The monoisotopic (exact) mass is 396 g/mol. The van der Waals surface area contributed by atoms with Crippen LogP contribution in [0.2, 0.25) is 0 Å². The third kappa shape index (κ3) is 4.05. The van der Waals surface area contributed by atoms with Crippen LogP contribution in [0.3, 0.4) is 0 Å². The molecule has 148 valence electrons. The number of para-hydroxylation sites is 1. The lowest BCUT2D eigenvalue weighted by atomic mass is 10.1. The van der Waals surface area contributed by atoms with Gasteiger partial charge < -0.3 is 9.84 Å². The van der Waals surface area contributed by atoms with Crippen molar-refractivity contribution in [1.29, 1.82) is 0 Å². The molecule has 0 bridgehead atoms. The first-order valence-corrected chi connectivity index (χ1v) is 8.36. The van der Waals surface area contributed by atoms with E-state index in [-0.39, 0.29) is 17.0 Å². The Morgan fingerprint density at radius 1 is 1.17 bits per heavy atom. The van der Waals surface area contributed by atoms with Crippen molar-refractivity contribution in [2.45, 2.75) is 0 Å². The number of barbiturate groups is 1. The number of hydrogen-bond acceptors (Lipinski definition) is 7. The predicted molar refractivity (Wildman–Crippen MR) is 102 cm³/mol. The van der Waals surface area contributed by atoms with Crippen molar-refractivity contribution in [2.24, 2.45) is 11.0 Å². The highest BCUT2D eigenvalue weighted by Gasteiger charge is 2.40. The number of carbonyl (C=O) groups is 4. The molecule has 0 spiro atoms. The molecule has 3 rings (SSSR count). The maximum Gasteiger partial charge on any atom is 0.335 e. The maximum atomic E-state index is 12.7. The highest BCUT2D eigenvalue weighted by Crippen LogP contribution is 2.23. The van der Waals surface area contributed by atoms with E-state index in [0.29, 0.717) is 5.75 Å². The average Bonchev–Trinajstić information content (AvgIpc) is 2.71. The summed E-state index contributed by atoms with van der Waals surface area (Å²) in [6, 6.07) is 11.0. The minimum absolute atomic E-state index is 0.0286. The van der Waals surface area contributed by atoms with Crippen LogP contribution in [0.25, 0.3) is 0 Å². The maximum absolute atomic E-state index is 12.7. The zero-order valence-electron chi connectivity index (χ0n) is 15.2. The van der Waals surface area contributed by atoms with Crippen molar-refractivity contribution < 1.29 is 29.0 Å². The summed E-state index contributed by atoms with van der Waals surface area (Å²) in [5.41, 5.74) is 2.33. The normalized spacial score (nSPS) is 16.7. The summed E-state index contributed by atoms with van der Waals surface area (Å²) in [4.78, 5) is 49.7. The Hall–Kier alpha value is -4.21. The van der Waals surface area contributed by atoms with E-state index < -0.39 is 29.7 Å². The summed E-state index contributed by atoms with van der Waals surface area (Å²) >= 11 is 0. The second-order valence-corrected chi connectivity index (χ2v) is 5.88. The van der Waals surface area contributed by atoms with Crippen molar-refractivity contribution in [2.75, 3.05) is 12.0 Å². The number of amides is 5. The van der Waals surface area contributed by atoms with Crippen molar-refractivity contribution >= 4 is 35.7 Å². The highest BCUT2D eigenvalue weighted by atomic mass is 16.5. The predicted octanol–water partition coefficient (Wildman–Crippen LogP) is 1.02. The molecule has 29 heavy (non-hydrogen) atoms. The van der Waals surface area contributed by atoms with Crippen LogP contribution in [0, 0.1) is 5.92 Å². The van der Waals surface area contributed by atoms with Gasteiger partial charge in [-0.25, -0.2) is 15.1 Å². The molecule has 1 heterocycles. The number of hydrogen-bond donors (Lipinski definition) is 3. The Bertz CT molecular complexity index is 1000. The van der Waals surface area contributed by atoms with Crippen LogP contribution in [-0.2, 0) is 9.59 Å². The van der Waals surface area contributed by atoms with Gasteiger partial charge in [-0.1, -0.05) is 12.1 Å². The molecule has 0 aliphatic carbocycles. The molecular weight excluding hydrogens is 380 g/mol. The van der Waals surface area contributed by atoms with Gasteiger partial charge in [0.2, 0.25) is 5.91 Å². The second-order valence-electron chi connectivity index (χ2n) is 5.88. The topological polar surface area (TPSA) is 137 Å². The van der Waals surface area contributed by atoms with Crippen LogP contribution in [0.1, 0.15) is 10.4 Å². The van der Waals surface area contributed by atoms with E-state index in [1.165, 1.54) is 31.4 Å². The molecule has 5 amide bonds. The molecule has 1 atom stereocenters. The van der Waals surface area contributed by atoms with Gasteiger partial charge in [0, 0.05) is 6.21 Å². The summed E-state index contributed by atoms with van der Waals surface area (Å²) in [5.74, 6) is -3.58. The van der Waals surface area contributed by atoms with Crippen LogP contribution >= 0.6 is 0 Å². The number of benzene rings is 2. The molecule has 0 unspecified atom stereocenters. The number of anilines is 1. The van der Waals surface area contributed by atoms with E-state index in [2.05, 4.69) is 15.8 Å². The minimum atomic E-state index is -1.43. The number of methoxy groups -OCH3 is 1. The zero-order valence-corrected chi connectivity index (χ0v) is 15.2. The molecule has 1 aliphatic rings. The first-order valence-electron chi connectivity index (χ1n) is 8.36. The third-order valence-corrected chi connectivity index (χ3v) is 4.07. The fraction of sp³-hybridized carbons (Fsp3) is 0.105. The van der Waals surface area contributed by atoms with E-state index in [1.807, 2.05) is 0 Å². The molecule has 0 aromatic heterocycles. The molecule has 10 nitrogen and oxygen atoms in total. The molecule has 0 radical (unpaired) electrons. The number of phenols is 1. The van der Waals surface area contributed by atoms with Gasteiger partial charge in [0.1, 0.15) is 11.5 Å². The lowest BCUT2D eigenvalue weighted by Crippen LogP contribution is -2.58. The van der Waals surface area contributed by atoms with Gasteiger partial charge in [-0.2, -0.15) is 5.10 Å². The summed E-state index contributed by atoms with van der Waals surface area (Å²) in [7, 11) is 1.47. The third-order valence-electron chi connectivity index (χ3n) is 4.07. The molecule has 0 saturated carbocycles. The first kappa shape index (κ1) is 19.5. The van der Waals surface area contributed by atoms with Crippen LogP contribution in [-0.4, -0.2) is 42.2 Å². The van der Waals surface area contributed by atoms with Crippen LogP contribution < -0.4 is 20.4 Å². The number of nitrogens with one attached hydrogen (secondary N) is 2. The van der Waals surface area contributed by atoms with E-state index in [1.54, 1.807) is 24.3 Å². The Balaban J connectivity index is 1.76. The first-order chi connectivity index (χ1) is 13.9. The van der Waals surface area contributed by atoms with Crippen molar-refractivity contribution in [3.05, 3.63) is 54.1 Å². The minimum Gasteiger partial charge on any atom is -0.507 e. The second kappa shape index (κ2) is 8.21. The number of imide groups is 2. The Morgan fingerprint density at radius 2 is 1.86 bits per heavy atom. The lowest BCUT2D eigenvalue weighted by Gasteiger charge is -2.28. The Kier molecular flexibility index (Phi) is 5.54. The van der Waals surface area contributed by atoms with Crippen molar-refractivity contribution in [1.82, 2.24) is 10.7 Å². The van der Waals surface area contributed by atoms with Gasteiger partial charge in [-0.05, 0) is 36.4 Å². The molecule has 3 N–H and O–H groups in total. The number of rotatable bonds is 5. The fourth-order valence-corrected chi connectivity index (χ4v) is 2.59. The van der Waals surface area contributed by atoms with E-state index in [9.17, 15) is 24.3 Å². The lowest BCUT2D eigenvalue weighted by molar-refractivity contribution is -0.131. The van der Waals surface area contributed by atoms with Gasteiger partial charge in [0.05, 0.1) is 18.4 Å². The number of aromatic hydroxyl groups is 1. The molecule has 10 heteroatoms. The molecule has 1 saturated heterocycles. The summed E-state index contributed by atoms with van der Waals surface area (Å²) in [6.07, 6.45) is 0.915. The largest absolute Gasteiger partial charge is 0.507 e. The average molecular weight is 396 g/mol. The fourth-order valence-electron chi connectivity index (χ4n) is 2.59. The molecular formula is C19H16N4O6. The van der Waals surface area contributed by atoms with Gasteiger partial charge in [-0.15, -0.1) is 0 Å². The number of ether oxygens (including phenoxy) is 1.